The molecule has 0 fully saturated rings. The Kier molecular flexibility index (Phi) is 2.49. The molecule has 4 heteroatoms. The molecule has 2 rings (SSSR count). The molecule has 80 valence electrons. The average Bonchev–Trinajstić information content (AvgIpc) is 2.59. The zero-order valence-electron chi connectivity index (χ0n) is 8.97. The van der Waals surface area contributed by atoms with E-state index in [1.807, 2.05) is 29.2 Å². The molecule has 0 aromatic heterocycles. The molecule has 0 saturated heterocycles. The highest BCUT2D eigenvalue weighted by molar-refractivity contribution is 5.97. The predicted molar refractivity (Wildman–Crippen MR) is 61.4 cm³/mol. The van der Waals surface area contributed by atoms with Crippen molar-refractivity contribution in [2.45, 2.75) is 13.0 Å². The molecule has 2 N–H and O–H groups in total. The van der Waals surface area contributed by atoms with Gasteiger partial charge in [0.25, 0.3) is 0 Å². The molecule has 4 nitrogen and oxygen atoms in total. The summed E-state index contributed by atoms with van der Waals surface area (Å²) in [4.78, 5) is 6.23. The van der Waals surface area contributed by atoms with Crippen molar-refractivity contribution in [3.8, 4) is 5.75 Å². The second-order valence-electron chi connectivity index (χ2n) is 3.62. The Morgan fingerprint density at radius 2 is 2.07 bits per heavy atom. The summed E-state index contributed by atoms with van der Waals surface area (Å²) in [6.07, 6.45) is 0. The lowest BCUT2D eigenvalue weighted by Gasteiger charge is -2.23. The van der Waals surface area contributed by atoms with Gasteiger partial charge in [-0.1, -0.05) is 0 Å². The van der Waals surface area contributed by atoms with Crippen LogP contribution in [0.5, 0.6) is 5.75 Å². The Hall–Kier alpha value is -1.71. The van der Waals surface area contributed by atoms with Crippen LogP contribution in [0.1, 0.15) is 6.92 Å². The van der Waals surface area contributed by atoms with Crippen LogP contribution in [0, 0.1) is 0 Å². The highest BCUT2D eigenvalue weighted by Crippen LogP contribution is 2.23. The van der Waals surface area contributed by atoms with Crippen LogP contribution in [0.25, 0.3) is 0 Å². The third-order valence-corrected chi connectivity index (χ3v) is 2.56. The van der Waals surface area contributed by atoms with E-state index in [0.717, 1.165) is 18.0 Å². The number of anilines is 1. The van der Waals surface area contributed by atoms with Gasteiger partial charge in [0.05, 0.1) is 19.7 Å². The SMILES string of the molecule is COc1ccc(N2C(N)=NCC2C)cc1. The largest absolute Gasteiger partial charge is 0.497 e. The molecule has 1 unspecified atom stereocenters. The summed E-state index contributed by atoms with van der Waals surface area (Å²) in [6.45, 7) is 2.87. The van der Waals surface area contributed by atoms with Gasteiger partial charge in [0, 0.05) is 5.69 Å². The molecule has 15 heavy (non-hydrogen) atoms. The second-order valence-corrected chi connectivity index (χ2v) is 3.62. The van der Waals surface area contributed by atoms with Crippen molar-refractivity contribution < 1.29 is 4.74 Å². The first-order chi connectivity index (χ1) is 7.22. The lowest BCUT2D eigenvalue weighted by molar-refractivity contribution is 0.415. The van der Waals surface area contributed by atoms with Crippen molar-refractivity contribution in [1.82, 2.24) is 0 Å². The fourth-order valence-corrected chi connectivity index (χ4v) is 1.74. The van der Waals surface area contributed by atoms with E-state index in [4.69, 9.17) is 10.5 Å². The third-order valence-electron chi connectivity index (χ3n) is 2.56. The number of methoxy groups -OCH3 is 1. The van der Waals surface area contributed by atoms with Crippen molar-refractivity contribution in [1.29, 1.82) is 0 Å². The minimum absolute atomic E-state index is 0.332. The van der Waals surface area contributed by atoms with E-state index in [0.29, 0.717) is 12.0 Å². The van der Waals surface area contributed by atoms with Crippen LogP contribution >= 0.6 is 0 Å². The fourth-order valence-electron chi connectivity index (χ4n) is 1.74. The van der Waals surface area contributed by atoms with E-state index < -0.39 is 0 Å². The smallest absolute Gasteiger partial charge is 0.196 e. The van der Waals surface area contributed by atoms with Gasteiger partial charge in [-0.15, -0.1) is 0 Å². The summed E-state index contributed by atoms with van der Waals surface area (Å²) in [5.74, 6) is 1.44. The molecule has 0 radical (unpaired) electrons. The first-order valence-corrected chi connectivity index (χ1v) is 4.95. The number of aliphatic imine (C=N–C) groups is 1. The molecule has 1 aromatic rings. The summed E-state index contributed by atoms with van der Waals surface area (Å²) in [7, 11) is 1.66. The van der Waals surface area contributed by atoms with Crippen LogP contribution in [0.3, 0.4) is 0 Å². The van der Waals surface area contributed by atoms with Crippen LogP contribution in [0.4, 0.5) is 5.69 Å². The first kappa shape index (κ1) is 9.83. The standard InChI is InChI=1S/C11H15N3O/c1-8-7-13-11(12)14(8)9-3-5-10(15-2)6-4-9/h3-6,8H,7H2,1-2H3,(H2,12,13). The van der Waals surface area contributed by atoms with E-state index in [-0.39, 0.29) is 0 Å². The number of ether oxygens (including phenoxy) is 1. The van der Waals surface area contributed by atoms with Crippen molar-refractivity contribution >= 4 is 11.6 Å². The van der Waals surface area contributed by atoms with Crippen LogP contribution < -0.4 is 15.4 Å². The quantitative estimate of drug-likeness (QED) is 0.789. The highest BCUT2D eigenvalue weighted by Gasteiger charge is 2.23. The molecule has 0 amide bonds. The van der Waals surface area contributed by atoms with Gasteiger partial charge in [-0.05, 0) is 31.2 Å². The van der Waals surface area contributed by atoms with Gasteiger partial charge in [-0.25, -0.2) is 0 Å². The van der Waals surface area contributed by atoms with Crippen LogP contribution in [-0.2, 0) is 0 Å². The topological polar surface area (TPSA) is 50.9 Å². The minimum atomic E-state index is 0.332. The maximum atomic E-state index is 5.82. The van der Waals surface area contributed by atoms with E-state index >= 15 is 0 Å². The lowest BCUT2D eigenvalue weighted by Crippen LogP contribution is -2.39. The van der Waals surface area contributed by atoms with Gasteiger partial charge in [0.2, 0.25) is 0 Å². The first-order valence-electron chi connectivity index (χ1n) is 4.95. The summed E-state index contributed by atoms with van der Waals surface area (Å²) in [5.41, 5.74) is 6.87. The maximum absolute atomic E-state index is 5.82. The van der Waals surface area contributed by atoms with E-state index in [1.165, 1.54) is 0 Å². The molecule has 0 spiro atoms. The number of rotatable bonds is 2. The number of nitrogens with zero attached hydrogens (tertiary/aromatic N) is 2. The fraction of sp³-hybridized carbons (Fsp3) is 0.364. The van der Waals surface area contributed by atoms with Crippen molar-refractivity contribution in [3.63, 3.8) is 0 Å². The summed E-state index contributed by atoms with van der Waals surface area (Å²) in [5, 5.41) is 0. The summed E-state index contributed by atoms with van der Waals surface area (Å²) < 4.78 is 5.11. The molecule has 1 aliphatic rings. The Balaban J connectivity index is 2.25. The van der Waals surface area contributed by atoms with Gasteiger partial charge in [0.1, 0.15) is 5.75 Å². The Morgan fingerprint density at radius 1 is 1.40 bits per heavy atom. The van der Waals surface area contributed by atoms with Gasteiger partial charge >= 0.3 is 0 Å². The molecule has 1 aliphatic heterocycles. The van der Waals surface area contributed by atoms with Gasteiger partial charge < -0.3 is 15.4 Å². The van der Waals surface area contributed by atoms with E-state index in [2.05, 4.69) is 11.9 Å². The zero-order valence-corrected chi connectivity index (χ0v) is 8.97. The second kappa shape index (κ2) is 3.81. The maximum Gasteiger partial charge on any atom is 0.196 e. The molecule has 1 aromatic carbocycles. The van der Waals surface area contributed by atoms with Gasteiger partial charge in [-0.2, -0.15) is 0 Å². The monoisotopic (exact) mass is 205 g/mol. The predicted octanol–water partition coefficient (Wildman–Crippen LogP) is 1.22. The summed E-state index contributed by atoms with van der Waals surface area (Å²) in [6, 6.07) is 8.16. The van der Waals surface area contributed by atoms with E-state index in [1.54, 1.807) is 7.11 Å². The molecule has 0 saturated carbocycles. The molecular weight excluding hydrogens is 190 g/mol. The van der Waals surface area contributed by atoms with Crippen LogP contribution in [0.15, 0.2) is 29.3 Å². The third kappa shape index (κ3) is 1.75. The Labute approximate surface area is 89.4 Å². The van der Waals surface area contributed by atoms with E-state index in [9.17, 15) is 0 Å². The Morgan fingerprint density at radius 3 is 2.53 bits per heavy atom. The molecule has 1 heterocycles. The average molecular weight is 205 g/mol. The van der Waals surface area contributed by atoms with Crippen LogP contribution in [-0.4, -0.2) is 25.7 Å². The number of nitrogens with two attached hydrogens (primary N) is 1. The Bertz CT molecular complexity index is 372. The van der Waals surface area contributed by atoms with Gasteiger partial charge in [-0.3, -0.25) is 4.99 Å². The summed E-state index contributed by atoms with van der Waals surface area (Å²) >= 11 is 0. The van der Waals surface area contributed by atoms with Crippen LogP contribution in [0.2, 0.25) is 0 Å². The lowest BCUT2D eigenvalue weighted by atomic mass is 10.2. The van der Waals surface area contributed by atoms with Crippen molar-refractivity contribution in [2.24, 2.45) is 10.7 Å². The number of hydrogen-bond donors (Lipinski definition) is 1. The number of hydrogen-bond acceptors (Lipinski definition) is 4. The highest BCUT2D eigenvalue weighted by atomic mass is 16.5. The van der Waals surface area contributed by atoms with Crippen molar-refractivity contribution in [3.05, 3.63) is 24.3 Å². The number of guanidine groups is 1. The van der Waals surface area contributed by atoms with Gasteiger partial charge in [0.15, 0.2) is 5.96 Å². The normalized spacial score (nSPS) is 20.3. The zero-order chi connectivity index (χ0) is 10.8. The molecule has 0 aliphatic carbocycles. The van der Waals surface area contributed by atoms with Crippen molar-refractivity contribution in [2.75, 3.05) is 18.6 Å². The molecule has 0 bridgehead atoms. The number of benzene rings is 1. The molecule has 1 atom stereocenters. The minimum Gasteiger partial charge on any atom is -0.497 e. The molecular formula is C11H15N3O.